The maximum absolute atomic E-state index is 4.34. The molecule has 0 saturated heterocycles. The maximum Gasteiger partial charge on any atom is 0.0387 e. The van der Waals surface area contributed by atoms with Crippen molar-refractivity contribution in [3.63, 3.8) is 0 Å². The number of halogens is 1. The lowest BCUT2D eigenvalue weighted by Crippen LogP contribution is -2.17. The molecule has 0 aromatic heterocycles. The number of nitrogens with zero attached hydrogens (tertiary/aromatic N) is 1. The number of hydrogen-bond acceptors (Lipinski definition) is 0. The van der Waals surface area contributed by atoms with Gasteiger partial charge in [-0.15, -0.1) is 0 Å². The summed E-state index contributed by atoms with van der Waals surface area (Å²) in [6, 6.07) is 6.45. The summed E-state index contributed by atoms with van der Waals surface area (Å²) in [6.45, 7) is 1.89. The van der Waals surface area contributed by atoms with Gasteiger partial charge in [-0.3, -0.25) is 0 Å². The first-order valence-electron chi connectivity index (χ1n) is 3.77. The fourth-order valence-corrected chi connectivity index (χ4v) is 1.79. The van der Waals surface area contributed by atoms with Crippen molar-refractivity contribution in [3.8, 4) is 0 Å². The fraction of sp³-hybridized carbons (Fsp3) is 0.333. The summed E-state index contributed by atoms with van der Waals surface area (Å²) in [5, 5.41) is 4.34. The van der Waals surface area contributed by atoms with E-state index in [0.29, 0.717) is 0 Å². The molecule has 0 N–H and O–H groups in total. The van der Waals surface area contributed by atoms with Gasteiger partial charge in [0.2, 0.25) is 0 Å². The number of rotatable bonds is 0. The van der Waals surface area contributed by atoms with E-state index in [2.05, 4.69) is 39.4 Å². The summed E-state index contributed by atoms with van der Waals surface area (Å²) in [5.41, 5.74) is 2.84. The summed E-state index contributed by atoms with van der Waals surface area (Å²) in [5.74, 6) is 0. The Morgan fingerprint density at radius 2 is 2.18 bits per heavy atom. The van der Waals surface area contributed by atoms with Crippen LogP contribution in [0.5, 0.6) is 0 Å². The molecule has 1 aliphatic heterocycles. The van der Waals surface area contributed by atoms with Crippen molar-refractivity contribution in [3.05, 3.63) is 33.8 Å². The highest BCUT2D eigenvalue weighted by Crippen LogP contribution is 2.19. The molecule has 0 amide bonds. The van der Waals surface area contributed by atoms with Crippen LogP contribution < -0.4 is 5.32 Å². The minimum atomic E-state index is 0.898. The molecule has 0 aliphatic carbocycles. The molecule has 1 aliphatic rings. The molecule has 1 radical (unpaired) electrons. The minimum absolute atomic E-state index is 0.898. The van der Waals surface area contributed by atoms with E-state index in [0.717, 1.165) is 24.0 Å². The van der Waals surface area contributed by atoms with Crippen LogP contribution in [0.15, 0.2) is 22.7 Å². The second kappa shape index (κ2) is 2.95. The van der Waals surface area contributed by atoms with Crippen molar-refractivity contribution < 1.29 is 0 Å². The Morgan fingerprint density at radius 3 is 3.09 bits per heavy atom. The van der Waals surface area contributed by atoms with Crippen LogP contribution in [0.2, 0.25) is 0 Å². The smallest absolute Gasteiger partial charge is 0.0387 e. The molecule has 2 rings (SSSR count). The Labute approximate surface area is 74.9 Å². The highest BCUT2D eigenvalue weighted by molar-refractivity contribution is 9.10. The summed E-state index contributed by atoms with van der Waals surface area (Å²) in [7, 11) is 0. The predicted octanol–water partition coefficient (Wildman–Crippen LogP) is 2.11. The highest BCUT2D eigenvalue weighted by Gasteiger charge is 2.08. The van der Waals surface area contributed by atoms with Gasteiger partial charge in [-0.05, 0) is 29.7 Å². The van der Waals surface area contributed by atoms with Gasteiger partial charge in [0.05, 0.1) is 0 Å². The predicted molar refractivity (Wildman–Crippen MR) is 48.6 cm³/mol. The number of fused-ring (bicyclic) bond motifs is 1. The highest BCUT2D eigenvalue weighted by atomic mass is 79.9. The van der Waals surface area contributed by atoms with Gasteiger partial charge in [0.15, 0.2) is 0 Å². The number of benzene rings is 1. The Hall–Kier alpha value is -0.340. The van der Waals surface area contributed by atoms with Gasteiger partial charge in [-0.1, -0.05) is 22.0 Å². The summed E-state index contributed by atoms with van der Waals surface area (Å²) in [4.78, 5) is 0. The van der Waals surface area contributed by atoms with Crippen LogP contribution in [-0.2, 0) is 13.0 Å². The van der Waals surface area contributed by atoms with Crippen molar-refractivity contribution in [2.75, 3.05) is 6.54 Å². The zero-order chi connectivity index (χ0) is 7.68. The van der Waals surface area contributed by atoms with Crippen LogP contribution in [0.4, 0.5) is 0 Å². The first-order valence-corrected chi connectivity index (χ1v) is 4.56. The topological polar surface area (TPSA) is 14.1 Å². The fourth-order valence-electron chi connectivity index (χ4n) is 1.38. The third-order valence-electron chi connectivity index (χ3n) is 1.99. The summed E-state index contributed by atoms with van der Waals surface area (Å²) < 4.78 is 1.16. The largest absolute Gasteiger partial charge is 0.237 e. The first kappa shape index (κ1) is 7.32. The van der Waals surface area contributed by atoms with E-state index in [-0.39, 0.29) is 0 Å². The van der Waals surface area contributed by atoms with Crippen LogP contribution in [0, 0.1) is 0 Å². The zero-order valence-electron chi connectivity index (χ0n) is 6.18. The lowest BCUT2D eigenvalue weighted by Gasteiger charge is -2.15. The second-order valence-corrected chi connectivity index (χ2v) is 3.68. The quantitative estimate of drug-likeness (QED) is 0.624. The van der Waals surface area contributed by atoms with Gasteiger partial charge in [0, 0.05) is 17.6 Å². The first-order chi connectivity index (χ1) is 5.36. The molecule has 57 valence electrons. The van der Waals surface area contributed by atoms with E-state index < -0.39 is 0 Å². The molecule has 0 unspecified atom stereocenters. The monoisotopic (exact) mass is 210 g/mol. The third kappa shape index (κ3) is 1.47. The Morgan fingerprint density at radius 1 is 1.27 bits per heavy atom. The average molecular weight is 211 g/mol. The summed E-state index contributed by atoms with van der Waals surface area (Å²) >= 11 is 3.45. The van der Waals surface area contributed by atoms with E-state index in [1.54, 1.807) is 0 Å². The molecule has 2 heteroatoms. The number of hydrogen-bond donors (Lipinski definition) is 0. The lowest BCUT2D eigenvalue weighted by molar-refractivity contribution is 0.630. The minimum Gasteiger partial charge on any atom is -0.237 e. The zero-order valence-corrected chi connectivity index (χ0v) is 7.76. The molecule has 0 bridgehead atoms. The Balaban J connectivity index is 2.43. The molecule has 1 aromatic carbocycles. The van der Waals surface area contributed by atoms with Crippen LogP contribution in [0.25, 0.3) is 0 Å². The standard InChI is InChI=1S/C9H9BrN/c10-9-2-1-7-3-4-11-6-8(7)5-9/h1-2,5H,3-4,6H2. The van der Waals surface area contributed by atoms with Crippen molar-refractivity contribution in [2.45, 2.75) is 13.0 Å². The van der Waals surface area contributed by atoms with Gasteiger partial charge in [0.1, 0.15) is 0 Å². The van der Waals surface area contributed by atoms with Crippen molar-refractivity contribution in [2.24, 2.45) is 0 Å². The molecule has 1 nitrogen and oxygen atoms in total. The molecule has 11 heavy (non-hydrogen) atoms. The van der Waals surface area contributed by atoms with E-state index >= 15 is 0 Å². The van der Waals surface area contributed by atoms with Crippen LogP contribution in [-0.4, -0.2) is 6.54 Å². The van der Waals surface area contributed by atoms with Crippen LogP contribution >= 0.6 is 15.9 Å². The maximum atomic E-state index is 4.34. The molecule has 0 spiro atoms. The normalized spacial score (nSPS) is 16.1. The second-order valence-electron chi connectivity index (χ2n) is 2.77. The van der Waals surface area contributed by atoms with Gasteiger partial charge < -0.3 is 0 Å². The Kier molecular flexibility index (Phi) is 1.96. The van der Waals surface area contributed by atoms with E-state index in [1.807, 2.05) is 0 Å². The summed E-state index contributed by atoms with van der Waals surface area (Å²) in [6.07, 6.45) is 1.11. The molecule has 0 atom stereocenters. The van der Waals surface area contributed by atoms with E-state index in [1.165, 1.54) is 11.1 Å². The van der Waals surface area contributed by atoms with Crippen LogP contribution in [0.1, 0.15) is 11.1 Å². The van der Waals surface area contributed by atoms with Crippen molar-refractivity contribution in [1.29, 1.82) is 0 Å². The molecule has 1 aromatic rings. The van der Waals surface area contributed by atoms with E-state index in [9.17, 15) is 0 Å². The van der Waals surface area contributed by atoms with Crippen molar-refractivity contribution in [1.82, 2.24) is 5.32 Å². The van der Waals surface area contributed by atoms with Crippen molar-refractivity contribution >= 4 is 15.9 Å². The molecule has 0 fully saturated rings. The molecular formula is C9H9BrN. The van der Waals surface area contributed by atoms with E-state index in [4.69, 9.17) is 0 Å². The third-order valence-corrected chi connectivity index (χ3v) is 2.48. The molecule has 1 heterocycles. The van der Waals surface area contributed by atoms with Gasteiger partial charge >= 0.3 is 0 Å². The molecular weight excluding hydrogens is 202 g/mol. The van der Waals surface area contributed by atoms with Gasteiger partial charge in [-0.25, -0.2) is 5.32 Å². The van der Waals surface area contributed by atoms with Crippen LogP contribution in [0.3, 0.4) is 0 Å². The lowest BCUT2D eigenvalue weighted by atomic mass is 10.0. The SMILES string of the molecule is Brc1ccc2c(c1)C[N]CC2. The van der Waals surface area contributed by atoms with Gasteiger partial charge in [-0.2, -0.15) is 0 Å². The van der Waals surface area contributed by atoms with Gasteiger partial charge in [0.25, 0.3) is 0 Å². The molecule has 0 saturated carbocycles. The Bertz CT molecular complexity index is 270. The average Bonchev–Trinajstić information content (AvgIpc) is 2.04.